The van der Waals surface area contributed by atoms with Gasteiger partial charge in [0.2, 0.25) is 6.29 Å². The molecule has 6 heteroatoms. The number of aldehydes is 1. The molecule has 0 amide bonds. The highest BCUT2D eigenvalue weighted by atomic mass is 16.6. The van der Waals surface area contributed by atoms with Crippen LogP contribution in [0.25, 0.3) is 0 Å². The van der Waals surface area contributed by atoms with Gasteiger partial charge in [-0.25, -0.2) is 0 Å². The van der Waals surface area contributed by atoms with Crippen LogP contribution in [0.1, 0.15) is 10.5 Å². The molecule has 0 fully saturated rings. The second-order valence-corrected chi connectivity index (χ2v) is 2.01. The maximum Gasteiger partial charge on any atom is 0.282 e. The molecule has 0 saturated heterocycles. The van der Waals surface area contributed by atoms with E-state index in [1.807, 2.05) is 0 Å². The number of carbonyl (C=O) groups is 1. The number of pyridine rings is 1. The Hall–Kier alpha value is -1.98. The van der Waals surface area contributed by atoms with Crippen LogP contribution in [-0.2, 0) is 0 Å². The van der Waals surface area contributed by atoms with E-state index < -0.39 is 4.92 Å². The van der Waals surface area contributed by atoms with Crippen LogP contribution in [0.15, 0.2) is 18.3 Å². The van der Waals surface area contributed by atoms with Crippen molar-refractivity contribution >= 4 is 12.0 Å². The van der Waals surface area contributed by atoms with Crippen LogP contribution in [0.3, 0.4) is 0 Å². The third-order valence-corrected chi connectivity index (χ3v) is 1.26. The van der Waals surface area contributed by atoms with E-state index >= 15 is 0 Å². The van der Waals surface area contributed by atoms with Gasteiger partial charge in [0, 0.05) is 0 Å². The van der Waals surface area contributed by atoms with Crippen molar-refractivity contribution < 1.29 is 14.4 Å². The average Bonchev–Trinajstić information content (AvgIpc) is 2.05. The maximum atomic E-state index is 10.7. The molecule has 1 rings (SSSR count). The summed E-state index contributed by atoms with van der Waals surface area (Å²) >= 11 is 0. The van der Waals surface area contributed by atoms with Gasteiger partial charge in [0.25, 0.3) is 11.4 Å². The summed E-state index contributed by atoms with van der Waals surface area (Å²) in [4.78, 5) is 19.6. The summed E-state index contributed by atoms with van der Waals surface area (Å²) in [5.41, 5.74) is -0.548. The molecule has 0 aliphatic heterocycles. The third-order valence-electron chi connectivity index (χ3n) is 1.26. The predicted molar refractivity (Wildman–Crippen MR) is 37.4 cm³/mol. The molecule has 0 unspecified atom stereocenters. The van der Waals surface area contributed by atoms with Crippen LogP contribution < -0.4 is 4.73 Å². The molecule has 0 aliphatic rings. The number of hydrogen-bond donors (Lipinski definition) is 0. The normalized spacial score (nSPS) is 9.33. The quantitative estimate of drug-likeness (QED) is 0.205. The Bertz CT molecular complexity index is 336. The van der Waals surface area contributed by atoms with Crippen molar-refractivity contribution in [3.8, 4) is 0 Å². The molecule has 1 aromatic rings. The van der Waals surface area contributed by atoms with Crippen molar-refractivity contribution in [3.05, 3.63) is 39.3 Å². The number of nitrogens with zero attached hydrogens (tertiary/aromatic N) is 2. The van der Waals surface area contributed by atoms with Gasteiger partial charge in [-0.15, -0.1) is 0 Å². The first-order valence-electron chi connectivity index (χ1n) is 2.98. The molecule has 0 atom stereocenters. The monoisotopic (exact) mass is 168 g/mol. The molecule has 6 nitrogen and oxygen atoms in total. The first kappa shape index (κ1) is 8.12. The molecule has 0 aromatic carbocycles. The molecule has 0 N–H and O–H groups in total. The lowest BCUT2D eigenvalue weighted by molar-refractivity contribution is -0.607. The minimum Gasteiger partial charge on any atom is -0.618 e. The zero-order chi connectivity index (χ0) is 9.14. The van der Waals surface area contributed by atoms with Gasteiger partial charge < -0.3 is 5.21 Å². The fraction of sp³-hybridized carbons (Fsp3) is 0. The molecule has 0 saturated carbocycles. The number of aromatic nitrogens is 1. The summed E-state index contributed by atoms with van der Waals surface area (Å²) < 4.78 is 0.264. The second kappa shape index (κ2) is 2.95. The molecule has 1 aromatic heterocycles. The van der Waals surface area contributed by atoms with E-state index in [1.54, 1.807) is 0 Å². The van der Waals surface area contributed by atoms with E-state index in [4.69, 9.17) is 0 Å². The molecule has 0 bridgehead atoms. The first-order valence-corrected chi connectivity index (χ1v) is 2.98. The van der Waals surface area contributed by atoms with Crippen LogP contribution in [0.4, 0.5) is 5.69 Å². The third kappa shape index (κ3) is 1.36. The van der Waals surface area contributed by atoms with Gasteiger partial charge in [-0.1, -0.05) is 0 Å². The summed E-state index contributed by atoms with van der Waals surface area (Å²) in [6, 6.07) is 1.94. The lowest BCUT2D eigenvalue weighted by Crippen LogP contribution is -2.30. The Labute approximate surface area is 66.8 Å². The van der Waals surface area contributed by atoms with E-state index in [2.05, 4.69) is 0 Å². The highest BCUT2D eigenvalue weighted by Crippen LogP contribution is 2.07. The van der Waals surface area contributed by atoms with E-state index in [-0.39, 0.29) is 22.4 Å². The van der Waals surface area contributed by atoms with Crippen molar-refractivity contribution in [3.63, 3.8) is 0 Å². The number of rotatable bonds is 2. The van der Waals surface area contributed by atoms with Gasteiger partial charge in [-0.05, 0) is 0 Å². The lowest BCUT2D eigenvalue weighted by atomic mass is 10.3. The summed E-state index contributed by atoms with van der Waals surface area (Å²) in [5.74, 6) is 0. The van der Waals surface area contributed by atoms with Crippen molar-refractivity contribution in [2.45, 2.75) is 0 Å². The average molecular weight is 168 g/mol. The van der Waals surface area contributed by atoms with E-state index in [1.165, 1.54) is 0 Å². The number of nitro groups is 1. The fourth-order valence-corrected chi connectivity index (χ4v) is 0.693. The lowest BCUT2D eigenvalue weighted by Gasteiger charge is -1.96. The number of hydrogen-bond acceptors (Lipinski definition) is 4. The van der Waals surface area contributed by atoms with Crippen LogP contribution in [0, 0.1) is 15.3 Å². The van der Waals surface area contributed by atoms with E-state index in [0.29, 0.717) is 0 Å². The highest BCUT2D eigenvalue weighted by molar-refractivity contribution is 5.70. The number of carbonyl (C=O) groups excluding carboxylic acids is 1. The smallest absolute Gasteiger partial charge is 0.282 e. The summed E-state index contributed by atoms with van der Waals surface area (Å²) in [7, 11) is 0. The van der Waals surface area contributed by atoms with Gasteiger partial charge in [-0.3, -0.25) is 14.9 Å². The Morgan fingerprint density at radius 2 is 2.25 bits per heavy atom. The molecule has 12 heavy (non-hydrogen) atoms. The minimum atomic E-state index is -0.674. The SMILES string of the molecule is O=Cc1cc([N+](=O)[O-])cc[n+]1[O-]. The van der Waals surface area contributed by atoms with Crippen molar-refractivity contribution in [2.24, 2.45) is 0 Å². The standard InChI is InChI=1S/C6H4N2O4/c9-4-6-3-5(8(11)12)1-2-7(6)10/h1-4H. The minimum absolute atomic E-state index is 0.264. The zero-order valence-electron chi connectivity index (χ0n) is 5.84. The summed E-state index contributed by atoms with van der Waals surface area (Å²) in [6.07, 6.45) is 1.18. The Morgan fingerprint density at radius 3 is 2.75 bits per heavy atom. The van der Waals surface area contributed by atoms with Gasteiger partial charge >= 0.3 is 0 Å². The highest BCUT2D eigenvalue weighted by Gasteiger charge is 2.12. The van der Waals surface area contributed by atoms with Crippen molar-refractivity contribution in [2.75, 3.05) is 0 Å². The van der Waals surface area contributed by atoms with Crippen molar-refractivity contribution in [1.29, 1.82) is 0 Å². The Kier molecular flexibility index (Phi) is 2.00. The van der Waals surface area contributed by atoms with E-state index in [9.17, 15) is 20.1 Å². The first-order chi connectivity index (χ1) is 5.65. The zero-order valence-corrected chi connectivity index (χ0v) is 5.84. The van der Waals surface area contributed by atoms with Crippen LogP contribution in [0.5, 0.6) is 0 Å². The fourth-order valence-electron chi connectivity index (χ4n) is 0.693. The predicted octanol–water partition coefficient (Wildman–Crippen LogP) is 0.0407. The molecule has 62 valence electrons. The molecule has 0 spiro atoms. The van der Waals surface area contributed by atoms with Crippen LogP contribution >= 0.6 is 0 Å². The summed E-state index contributed by atoms with van der Waals surface area (Å²) in [5, 5.41) is 20.8. The van der Waals surface area contributed by atoms with E-state index in [0.717, 1.165) is 18.3 Å². The second-order valence-electron chi connectivity index (χ2n) is 2.01. The molecule has 1 heterocycles. The Balaban J connectivity index is 3.22. The van der Waals surface area contributed by atoms with Crippen LogP contribution in [-0.4, -0.2) is 11.2 Å². The van der Waals surface area contributed by atoms with Gasteiger partial charge in [0.1, 0.15) is 0 Å². The molecule has 0 radical (unpaired) electrons. The van der Waals surface area contributed by atoms with Gasteiger partial charge in [0.05, 0.1) is 17.1 Å². The molecular formula is C6H4N2O4. The molecular weight excluding hydrogens is 164 g/mol. The van der Waals surface area contributed by atoms with Gasteiger partial charge in [-0.2, -0.15) is 4.73 Å². The maximum absolute atomic E-state index is 10.7. The topological polar surface area (TPSA) is 87.1 Å². The Morgan fingerprint density at radius 1 is 1.58 bits per heavy atom. The van der Waals surface area contributed by atoms with Gasteiger partial charge in [0.15, 0.2) is 6.20 Å². The van der Waals surface area contributed by atoms with Crippen molar-refractivity contribution in [1.82, 2.24) is 0 Å². The molecule has 0 aliphatic carbocycles. The summed E-state index contributed by atoms with van der Waals surface area (Å²) in [6.45, 7) is 0. The largest absolute Gasteiger partial charge is 0.618 e. The van der Waals surface area contributed by atoms with Crippen LogP contribution in [0.2, 0.25) is 0 Å².